The summed E-state index contributed by atoms with van der Waals surface area (Å²) in [5, 5.41) is 17.0. The van der Waals surface area contributed by atoms with Gasteiger partial charge in [-0.15, -0.1) is 0 Å². The summed E-state index contributed by atoms with van der Waals surface area (Å²) in [6, 6.07) is 6.27. The van der Waals surface area contributed by atoms with Gasteiger partial charge in [0.1, 0.15) is 5.69 Å². The van der Waals surface area contributed by atoms with Gasteiger partial charge in [0.15, 0.2) is 0 Å². The van der Waals surface area contributed by atoms with Crippen molar-refractivity contribution in [1.29, 1.82) is 5.41 Å². The number of nitrogens with zero attached hydrogens (tertiary/aromatic N) is 1. The maximum absolute atomic E-state index is 12.0. The van der Waals surface area contributed by atoms with Gasteiger partial charge in [-0.3, -0.25) is 9.78 Å². The lowest BCUT2D eigenvalue weighted by atomic mass is 9.97. The number of hydrogen-bond donors (Lipinski definition) is 4. The number of hydrogen-bond acceptors (Lipinski definition) is 4. The number of quaternary nitrogens is 1. The normalized spacial score (nSPS) is 19.2. The Morgan fingerprint density at radius 2 is 2.12 bits per heavy atom. The average molecular weight is 350 g/mol. The van der Waals surface area contributed by atoms with E-state index >= 15 is 0 Å². The summed E-state index contributed by atoms with van der Waals surface area (Å²) in [6.07, 6.45) is 6.16. The topological polar surface area (TPSA) is 94.5 Å². The quantitative estimate of drug-likeness (QED) is 0.504. The van der Waals surface area contributed by atoms with Crippen LogP contribution in [0.5, 0.6) is 0 Å². The summed E-state index contributed by atoms with van der Waals surface area (Å²) in [6.45, 7) is 2.00. The third kappa shape index (κ3) is 3.08. The van der Waals surface area contributed by atoms with Crippen molar-refractivity contribution in [3.05, 3.63) is 36.2 Å². The molecule has 26 heavy (non-hydrogen) atoms. The number of carbonyl (C=O) groups excluding carboxylic acids is 1. The van der Waals surface area contributed by atoms with Gasteiger partial charge in [-0.25, -0.2) is 0 Å². The van der Waals surface area contributed by atoms with E-state index in [4.69, 9.17) is 5.41 Å². The zero-order chi connectivity index (χ0) is 18.3. The molecule has 134 valence electrons. The van der Waals surface area contributed by atoms with Crippen LogP contribution in [-0.2, 0) is 4.79 Å². The van der Waals surface area contributed by atoms with Crippen LogP contribution >= 0.6 is 0 Å². The van der Waals surface area contributed by atoms with Crippen LogP contribution in [0.1, 0.15) is 31.7 Å². The van der Waals surface area contributed by atoms with E-state index in [1.54, 1.807) is 6.20 Å². The van der Waals surface area contributed by atoms with Crippen LogP contribution < -0.4 is 16.0 Å². The Labute approximate surface area is 152 Å². The molecule has 0 spiro atoms. The number of nitrogens with one attached hydrogen (secondary N) is 3. The molecule has 1 aliphatic carbocycles. The van der Waals surface area contributed by atoms with Crippen molar-refractivity contribution in [3.63, 3.8) is 0 Å². The van der Waals surface area contributed by atoms with Crippen molar-refractivity contribution in [2.75, 3.05) is 17.7 Å². The minimum atomic E-state index is -0.00479. The van der Waals surface area contributed by atoms with Crippen LogP contribution in [0, 0.1) is 11.3 Å². The number of amides is 1. The van der Waals surface area contributed by atoms with E-state index in [0.717, 1.165) is 46.6 Å². The van der Waals surface area contributed by atoms with Gasteiger partial charge in [0, 0.05) is 41.9 Å². The van der Waals surface area contributed by atoms with Gasteiger partial charge in [0.2, 0.25) is 5.91 Å². The van der Waals surface area contributed by atoms with Gasteiger partial charge in [-0.1, -0.05) is 0 Å². The highest BCUT2D eigenvalue weighted by Crippen LogP contribution is 2.38. The first-order chi connectivity index (χ1) is 12.6. The monoisotopic (exact) mass is 350 g/mol. The lowest BCUT2D eigenvalue weighted by Crippen LogP contribution is -2.73. The Hall–Kier alpha value is -2.73. The fourth-order valence-electron chi connectivity index (χ4n) is 3.51. The minimum absolute atomic E-state index is 0.00479. The van der Waals surface area contributed by atoms with Crippen molar-refractivity contribution < 1.29 is 10.1 Å². The molecule has 1 fully saturated rings. The maximum Gasteiger partial charge on any atom is 0.226 e. The summed E-state index contributed by atoms with van der Waals surface area (Å²) < 4.78 is 0. The molecule has 2 aliphatic rings. The molecule has 5 N–H and O–H groups in total. The lowest BCUT2D eigenvalue weighted by molar-refractivity contribution is -0.539. The number of nitrogens with two attached hydrogens (primary N) is 1. The van der Waals surface area contributed by atoms with Crippen LogP contribution in [0.2, 0.25) is 0 Å². The minimum Gasteiger partial charge on any atom is -0.380 e. The molecule has 1 aromatic carbocycles. The summed E-state index contributed by atoms with van der Waals surface area (Å²) in [4.78, 5) is 16.3. The molecule has 1 aliphatic heterocycles. The van der Waals surface area contributed by atoms with Crippen molar-refractivity contribution in [3.8, 4) is 11.1 Å². The van der Waals surface area contributed by atoms with Crippen LogP contribution in [0.4, 0.5) is 17.1 Å². The predicted molar refractivity (Wildman–Crippen MR) is 103 cm³/mol. The Kier molecular flexibility index (Phi) is 4.20. The Balaban J connectivity index is 1.81. The zero-order valence-corrected chi connectivity index (χ0v) is 15.1. The second-order valence-corrected chi connectivity index (χ2v) is 7.19. The summed E-state index contributed by atoms with van der Waals surface area (Å²) in [7, 11) is 2.01. The first-order valence-electron chi connectivity index (χ1n) is 9.13. The summed E-state index contributed by atoms with van der Waals surface area (Å²) in [5.41, 5.74) is 6.38. The van der Waals surface area contributed by atoms with Gasteiger partial charge in [0.05, 0.1) is 30.2 Å². The van der Waals surface area contributed by atoms with E-state index in [2.05, 4.69) is 39.1 Å². The van der Waals surface area contributed by atoms with Crippen LogP contribution in [-0.4, -0.2) is 29.7 Å². The number of anilines is 2. The van der Waals surface area contributed by atoms with Crippen molar-refractivity contribution >= 4 is 28.7 Å². The van der Waals surface area contributed by atoms with Crippen LogP contribution in [0.15, 0.2) is 30.6 Å². The van der Waals surface area contributed by atoms with Crippen molar-refractivity contribution in [1.82, 2.24) is 4.98 Å². The molecule has 6 nitrogen and oxygen atoms in total. The molecule has 0 saturated heterocycles. The first kappa shape index (κ1) is 16.7. The Bertz CT molecular complexity index is 888. The highest BCUT2D eigenvalue weighted by Gasteiger charge is 2.30. The van der Waals surface area contributed by atoms with Gasteiger partial charge >= 0.3 is 0 Å². The first-order valence-corrected chi connectivity index (χ1v) is 9.13. The molecular weight excluding hydrogens is 326 g/mol. The largest absolute Gasteiger partial charge is 0.380 e. The van der Waals surface area contributed by atoms with E-state index in [1.165, 1.54) is 0 Å². The smallest absolute Gasteiger partial charge is 0.226 e. The van der Waals surface area contributed by atoms with E-state index in [9.17, 15) is 4.79 Å². The van der Waals surface area contributed by atoms with Crippen LogP contribution in [0.25, 0.3) is 11.1 Å². The summed E-state index contributed by atoms with van der Waals surface area (Å²) >= 11 is 0. The highest BCUT2D eigenvalue weighted by atomic mass is 16.1. The standard InChI is InChI=1S/C20H23N5O/c1-11-7-18(26)25-17-10-23-9-15(20(17)24-11)13-5-6-16(22-2)14(8-13)19(21)12-3-4-12/h5-6,8-12,21-22,24H,3-4,7H2,1-2H3,(H,25,26)/p+1. The Morgan fingerprint density at radius 1 is 1.31 bits per heavy atom. The molecule has 1 atom stereocenters. The molecule has 1 unspecified atom stereocenters. The van der Waals surface area contributed by atoms with Crippen molar-refractivity contribution in [2.45, 2.75) is 32.2 Å². The molecule has 1 aromatic heterocycles. The van der Waals surface area contributed by atoms with Gasteiger partial charge in [0.25, 0.3) is 0 Å². The number of benzene rings is 1. The Morgan fingerprint density at radius 3 is 2.85 bits per heavy atom. The lowest BCUT2D eigenvalue weighted by Gasteiger charge is -2.17. The molecular formula is C20H24N5O+. The number of rotatable bonds is 4. The zero-order valence-electron chi connectivity index (χ0n) is 15.1. The SMILES string of the molecule is C[NH2+]c1ccc(-c2cncc3c2NC(C)CC(=O)N3)cc1C(=N)C1CC1. The van der Waals surface area contributed by atoms with E-state index in [1.807, 2.05) is 20.2 Å². The predicted octanol–water partition coefficient (Wildman–Crippen LogP) is 2.49. The molecule has 2 heterocycles. The number of pyridine rings is 1. The van der Waals surface area contributed by atoms with E-state index in [-0.39, 0.29) is 11.9 Å². The van der Waals surface area contributed by atoms with Crippen LogP contribution in [0.3, 0.4) is 0 Å². The van der Waals surface area contributed by atoms with Gasteiger partial charge in [-0.2, -0.15) is 0 Å². The molecule has 6 heteroatoms. The molecule has 1 saturated carbocycles. The second kappa shape index (κ2) is 6.53. The maximum atomic E-state index is 12.0. The molecule has 0 radical (unpaired) electrons. The fourth-order valence-corrected chi connectivity index (χ4v) is 3.51. The second-order valence-electron chi connectivity index (χ2n) is 7.19. The third-order valence-corrected chi connectivity index (χ3v) is 5.05. The number of fused-ring (bicyclic) bond motifs is 1. The molecule has 4 rings (SSSR count). The molecule has 0 bridgehead atoms. The molecule has 1 amide bonds. The highest BCUT2D eigenvalue weighted by molar-refractivity contribution is 6.06. The van der Waals surface area contributed by atoms with E-state index in [0.29, 0.717) is 18.0 Å². The number of carbonyl (C=O) groups is 1. The van der Waals surface area contributed by atoms with Gasteiger partial charge < -0.3 is 21.4 Å². The molecule has 2 aromatic rings. The number of aromatic nitrogens is 1. The van der Waals surface area contributed by atoms with Crippen molar-refractivity contribution in [2.24, 2.45) is 5.92 Å². The van der Waals surface area contributed by atoms with Gasteiger partial charge in [-0.05, 0) is 37.5 Å². The van der Waals surface area contributed by atoms with E-state index < -0.39 is 0 Å². The fraction of sp³-hybridized carbons (Fsp3) is 0.350. The third-order valence-electron chi connectivity index (χ3n) is 5.05. The average Bonchev–Trinajstić information content (AvgIpc) is 3.47. The summed E-state index contributed by atoms with van der Waals surface area (Å²) in [5.74, 6) is 0.391.